The van der Waals surface area contributed by atoms with E-state index in [-0.39, 0.29) is 0 Å². The fourth-order valence-electron chi connectivity index (χ4n) is 1.41. The van der Waals surface area contributed by atoms with Crippen LogP contribution in [-0.4, -0.2) is 11.1 Å². The van der Waals surface area contributed by atoms with E-state index >= 15 is 0 Å². The van der Waals surface area contributed by atoms with Gasteiger partial charge in [-0.05, 0) is 46.5 Å². The molecule has 0 aliphatic rings. The van der Waals surface area contributed by atoms with Gasteiger partial charge in [0.15, 0.2) is 0 Å². The average Bonchev–Trinajstić information content (AvgIpc) is 2.46. The molecule has 2 rings (SSSR count). The third kappa shape index (κ3) is 1.42. The number of benzene rings is 1. The lowest BCUT2D eigenvalue weighted by Crippen LogP contribution is -1.93. The van der Waals surface area contributed by atoms with E-state index in [9.17, 15) is 4.79 Å². The molecule has 1 N–H and O–H groups in total. The highest BCUT2D eigenvalue weighted by Crippen LogP contribution is 2.33. The Morgan fingerprint density at radius 1 is 1.50 bits per heavy atom. The summed E-state index contributed by atoms with van der Waals surface area (Å²) in [6, 6.07) is 5.91. The molecule has 4 heteroatoms. The van der Waals surface area contributed by atoms with Crippen LogP contribution in [0.1, 0.15) is 15.2 Å². The van der Waals surface area contributed by atoms with Crippen molar-refractivity contribution < 1.29 is 9.90 Å². The number of carbonyl (C=O) groups is 1. The van der Waals surface area contributed by atoms with Crippen LogP contribution >= 0.6 is 33.9 Å². The fraction of sp³-hybridized carbons (Fsp3) is 0.100. The number of carboxylic acid groups (broad SMARTS) is 1. The van der Waals surface area contributed by atoms with E-state index < -0.39 is 5.97 Å². The van der Waals surface area contributed by atoms with Gasteiger partial charge in [0.25, 0.3) is 0 Å². The van der Waals surface area contributed by atoms with Crippen LogP contribution in [0.5, 0.6) is 0 Å². The van der Waals surface area contributed by atoms with Gasteiger partial charge in [0.2, 0.25) is 0 Å². The molecular weight excluding hydrogens is 311 g/mol. The number of aryl methyl sites for hydroxylation is 1. The first-order chi connectivity index (χ1) is 6.61. The molecule has 0 fully saturated rings. The standard InChI is InChI=1S/C10H7IO2S/c1-5-6-3-2-4-7(11)9(6)14-8(5)10(12)13/h2-4H,1H3,(H,12,13). The zero-order chi connectivity index (χ0) is 10.3. The monoisotopic (exact) mass is 318 g/mol. The molecule has 1 aromatic heterocycles. The van der Waals surface area contributed by atoms with Gasteiger partial charge in [0.1, 0.15) is 4.88 Å². The summed E-state index contributed by atoms with van der Waals surface area (Å²) in [5, 5.41) is 10.0. The van der Waals surface area contributed by atoms with Gasteiger partial charge in [-0.15, -0.1) is 11.3 Å². The molecule has 2 aromatic rings. The van der Waals surface area contributed by atoms with Crippen LogP contribution in [0.2, 0.25) is 0 Å². The van der Waals surface area contributed by atoms with Crippen molar-refractivity contribution in [3.63, 3.8) is 0 Å². The molecule has 1 aromatic carbocycles. The van der Waals surface area contributed by atoms with Gasteiger partial charge in [0.05, 0.1) is 0 Å². The zero-order valence-corrected chi connectivity index (χ0v) is 10.3. The molecule has 0 unspecified atom stereocenters. The van der Waals surface area contributed by atoms with Crippen LogP contribution in [0, 0.1) is 10.5 Å². The molecule has 2 nitrogen and oxygen atoms in total. The molecule has 0 saturated carbocycles. The van der Waals surface area contributed by atoms with E-state index in [1.54, 1.807) is 0 Å². The number of aromatic carboxylic acids is 1. The number of thiophene rings is 1. The Labute approximate surface area is 98.7 Å². The minimum atomic E-state index is -0.834. The number of rotatable bonds is 1. The first-order valence-corrected chi connectivity index (χ1v) is 5.91. The van der Waals surface area contributed by atoms with E-state index in [1.165, 1.54) is 11.3 Å². The van der Waals surface area contributed by atoms with Crippen LogP contribution in [-0.2, 0) is 0 Å². The fourth-order valence-corrected chi connectivity index (χ4v) is 3.29. The number of hydrogen-bond acceptors (Lipinski definition) is 2. The summed E-state index contributed by atoms with van der Waals surface area (Å²) in [6.07, 6.45) is 0. The molecule has 0 bridgehead atoms. The average molecular weight is 318 g/mol. The summed E-state index contributed by atoms with van der Waals surface area (Å²) >= 11 is 3.58. The highest BCUT2D eigenvalue weighted by atomic mass is 127. The molecule has 0 radical (unpaired) electrons. The Hall–Kier alpha value is -0.620. The van der Waals surface area contributed by atoms with Crippen molar-refractivity contribution in [2.45, 2.75) is 6.92 Å². The van der Waals surface area contributed by atoms with Crippen LogP contribution < -0.4 is 0 Å². The molecule has 0 aliphatic carbocycles. The van der Waals surface area contributed by atoms with Crippen LogP contribution in [0.25, 0.3) is 10.1 Å². The third-order valence-electron chi connectivity index (χ3n) is 2.11. The van der Waals surface area contributed by atoms with Gasteiger partial charge in [-0.1, -0.05) is 12.1 Å². The third-order valence-corrected chi connectivity index (χ3v) is 4.70. The van der Waals surface area contributed by atoms with E-state index in [0.29, 0.717) is 4.88 Å². The van der Waals surface area contributed by atoms with Crippen LogP contribution in [0.4, 0.5) is 0 Å². The molecule has 0 amide bonds. The minimum Gasteiger partial charge on any atom is -0.477 e. The highest BCUT2D eigenvalue weighted by Gasteiger charge is 2.14. The van der Waals surface area contributed by atoms with Gasteiger partial charge in [-0.25, -0.2) is 4.79 Å². The van der Waals surface area contributed by atoms with Crippen molar-refractivity contribution in [3.05, 3.63) is 32.2 Å². The normalized spacial score (nSPS) is 10.7. The summed E-state index contributed by atoms with van der Waals surface area (Å²) in [5.41, 5.74) is 0.871. The second kappa shape index (κ2) is 3.51. The summed E-state index contributed by atoms with van der Waals surface area (Å²) in [7, 11) is 0. The molecule has 72 valence electrons. The first kappa shape index (κ1) is 9.92. The smallest absolute Gasteiger partial charge is 0.346 e. The van der Waals surface area contributed by atoms with E-state index in [0.717, 1.165) is 19.2 Å². The van der Waals surface area contributed by atoms with Crippen molar-refractivity contribution in [1.82, 2.24) is 0 Å². The first-order valence-electron chi connectivity index (χ1n) is 4.02. The molecule has 14 heavy (non-hydrogen) atoms. The van der Waals surface area contributed by atoms with Crippen LogP contribution in [0.15, 0.2) is 18.2 Å². The van der Waals surface area contributed by atoms with Crippen molar-refractivity contribution in [2.75, 3.05) is 0 Å². The van der Waals surface area contributed by atoms with Gasteiger partial charge >= 0.3 is 5.97 Å². The predicted octanol–water partition coefficient (Wildman–Crippen LogP) is 3.51. The van der Waals surface area contributed by atoms with Crippen LogP contribution in [0.3, 0.4) is 0 Å². The topological polar surface area (TPSA) is 37.3 Å². The molecule has 0 aliphatic heterocycles. The highest BCUT2D eigenvalue weighted by molar-refractivity contribution is 14.1. The Morgan fingerprint density at radius 3 is 2.79 bits per heavy atom. The second-order valence-electron chi connectivity index (χ2n) is 2.98. The number of hydrogen-bond donors (Lipinski definition) is 1. The van der Waals surface area contributed by atoms with Crippen molar-refractivity contribution in [2.24, 2.45) is 0 Å². The maximum atomic E-state index is 10.9. The summed E-state index contributed by atoms with van der Waals surface area (Å²) in [4.78, 5) is 11.4. The quantitative estimate of drug-likeness (QED) is 0.817. The lowest BCUT2D eigenvalue weighted by Gasteiger charge is -1.92. The number of carboxylic acids is 1. The largest absolute Gasteiger partial charge is 0.477 e. The summed E-state index contributed by atoms with van der Waals surface area (Å²) in [6.45, 7) is 1.86. The minimum absolute atomic E-state index is 0.448. The van der Waals surface area contributed by atoms with Gasteiger partial charge in [-0.3, -0.25) is 0 Å². The molecule has 0 saturated heterocycles. The lowest BCUT2D eigenvalue weighted by atomic mass is 10.1. The Bertz CT molecular complexity index is 516. The Morgan fingerprint density at radius 2 is 2.21 bits per heavy atom. The zero-order valence-electron chi connectivity index (χ0n) is 7.37. The molecule has 0 atom stereocenters. The van der Waals surface area contributed by atoms with E-state index in [4.69, 9.17) is 5.11 Å². The summed E-state index contributed by atoms with van der Waals surface area (Å²) < 4.78 is 2.18. The van der Waals surface area contributed by atoms with Crippen molar-refractivity contribution in [1.29, 1.82) is 0 Å². The van der Waals surface area contributed by atoms with E-state index in [2.05, 4.69) is 22.6 Å². The van der Waals surface area contributed by atoms with Gasteiger partial charge in [-0.2, -0.15) is 0 Å². The Kier molecular flexibility index (Phi) is 2.48. The maximum absolute atomic E-state index is 10.9. The van der Waals surface area contributed by atoms with Gasteiger partial charge < -0.3 is 5.11 Å². The maximum Gasteiger partial charge on any atom is 0.346 e. The van der Waals surface area contributed by atoms with Crippen molar-refractivity contribution >= 4 is 50.0 Å². The molecule has 1 heterocycles. The lowest BCUT2D eigenvalue weighted by molar-refractivity contribution is 0.0701. The molecule has 0 spiro atoms. The molecular formula is C10H7IO2S. The Balaban J connectivity index is 2.86. The SMILES string of the molecule is Cc1c(C(=O)O)sc2c(I)cccc12. The van der Waals surface area contributed by atoms with Crippen molar-refractivity contribution in [3.8, 4) is 0 Å². The number of halogens is 1. The van der Waals surface area contributed by atoms with E-state index in [1.807, 2.05) is 25.1 Å². The predicted molar refractivity (Wildman–Crippen MR) is 66.2 cm³/mol. The number of fused-ring (bicyclic) bond motifs is 1. The second-order valence-corrected chi connectivity index (χ2v) is 5.16. The summed E-state index contributed by atoms with van der Waals surface area (Å²) in [5.74, 6) is -0.834. The van der Waals surface area contributed by atoms with Gasteiger partial charge in [0, 0.05) is 8.27 Å².